The second-order valence-electron chi connectivity index (χ2n) is 10.9. The number of epoxide rings is 2. The topological polar surface area (TPSA) is 124 Å². The first-order valence-corrected chi connectivity index (χ1v) is 11.8. The molecule has 5 rings (SSSR count). The molecule has 0 bridgehead atoms. The van der Waals surface area contributed by atoms with Crippen LogP contribution in [0.4, 0.5) is 0 Å². The van der Waals surface area contributed by atoms with Crippen molar-refractivity contribution < 1.29 is 43.2 Å². The number of esters is 3. The molecule has 3 saturated heterocycles. The predicted molar refractivity (Wildman–Crippen MR) is 116 cm³/mol. The third-order valence-corrected chi connectivity index (χ3v) is 8.97. The number of aliphatic hydroxyl groups is 1. The summed E-state index contributed by atoms with van der Waals surface area (Å²) >= 11 is 0. The fraction of sp³-hybridized carbons (Fsp3) is 0.720. The zero-order chi connectivity index (χ0) is 25.0. The lowest BCUT2D eigenvalue weighted by molar-refractivity contribution is -0.234. The SMILES string of the molecule is C=C1C(=O)O[C@@H]2[C@H]1[C@H](OC(=O)[C@@]1(C)O[C@H]1C)[C@@H](OC(=O)[C@@]1(C)O[C@H]1C)[C@@]1(C)[C@H](O)CC=C(C)[C@H]21. The highest BCUT2D eigenvalue weighted by Gasteiger charge is 2.70. The van der Waals surface area contributed by atoms with Crippen molar-refractivity contribution in [3.05, 3.63) is 23.8 Å². The molecule has 0 aromatic carbocycles. The zero-order valence-electron chi connectivity index (χ0n) is 20.3. The van der Waals surface area contributed by atoms with Crippen molar-refractivity contribution in [3.63, 3.8) is 0 Å². The third-order valence-electron chi connectivity index (χ3n) is 8.97. The van der Waals surface area contributed by atoms with E-state index in [-0.39, 0.29) is 17.8 Å². The van der Waals surface area contributed by atoms with E-state index in [0.29, 0.717) is 6.42 Å². The number of carbonyl (C=O) groups is 3. The van der Waals surface area contributed by atoms with E-state index in [9.17, 15) is 19.5 Å². The molecule has 0 unspecified atom stereocenters. The Kier molecular flexibility index (Phi) is 4.94. The van der Waals surface area contributed by atoms with Crippen LogP contribution in [0.2, 0.25) is 0 Å². The fourth-order valence-corrected chi connectivity index (χ4v) is 6.06. The Morgan fingerprint density at radius 1 is 1.09 bits per heavy atom. The minimum Gasteiger partial charge on any atom is -0.458 e. The van der Waals surface area contributed by atoms with Gasteiger partial charge in [0, 0.05) is 16.9 Å². The summed E-state index contributed by atoms with van der Waals surface area (Å²) in [5.74, 6) is -3.04. The van der Waals surface area contributed by atoms with E-state index in [4.69, 9.17) is 23.7 Å². The highest BCUT2D eigenvalue weighted by atomic mass is 16.7. The maximum atomic E-state index is 13.2. The van der Waals surface area contributed by atoms with E-state index in [0.717, 1.165) is 5.57 Å². The molecule has 3 heterocycles. The monoisotopic (exact) mass is 476 g/mol. The molecule has 2 aliphatic carbocycles. The lowest BCUT2D eigenvalue weighted by atomic mass is 9.53. The Bertz CT molecular complexity index is 1020. The van der Waals surface area contributed by atoms with Gasteiger partial charge in [0.05, 0.1) is 24.2 Å². The van der Waals surface area contributed by atoms with E-state index in [1.165, 1.54) is 0 Å². The van der Waals surface area contributed by atoms with Crippen molar-refractivity contribution in [2.45, 2.75) is 95.8 Å². The lowest BCUT2D eigenvalue weighted by Gasteiger charge is -2.56. The first-order chi connectivity index (χ1) is 15.8. The molecule has 0 aromatic heterocycles. The molecule has 1 N–H and O–H groups in total. The average Bonchev–Trinajstić information content (AvgIpc) is 3.56. The van der Waals surface area contributed by atoms with Gasteiger partial charge in [0.25, 0.3) is 0 Å². The molecule has 9 heteroatoms. The Hall–Kier alpha value is -2.23. The number of ether oxygens (including phenoxy) is 5. The van der Waals surface area contributed by atoms with Gasteiger partial charge in [0.15, 0.2) is 11.2 Å². The maximum Gasteiger partial charge on any atom is 0.341 e. The van der Waals surface area contributed by atoms with Gasteiger partial charge in [-0.3, -0.25) is 0 Å². The normalized spacial score (nSPS) is 51.0. The quantitative estimate of drug-likeness (QED) is 0.212. The minimum absolute atomic E-state index is 0.149. The summed E-state index contributed by atoms with van der Waals surface area (Å²) in [5, 5.41) is 11.3. The third kappa shape index (κ3) is 2.99. The predicted octanol–water partition coefficient (Wildman–Crippen LogP) is 1.61. The van der Waals surface area contributed by atoms with Crippen LogP contribution in [0.1, 0.15) is 48.0 Å². The summed E-state index contributed by atoms with van der Waals surface area (Å²) in [6.45, 7) is 14.4. The molecule has 3 aliphatic heterocycles. The van der Waals surface area contributed by atoms with Gasteiger partial charge in [-0.05, 0) is 41.0 Å². The molecule has 0 spiro atoms. The molecule has 1 saturated carbocycles. The molecule has 0 radical (unpaired) electrons. The summed E-state index contributed by atoms with van der Waals surface area (Å²) in [5.41, 5.74) is -2.30. The van der Waals surface area contributed by atoms with Crippen molar-refractivity contribution >= 4 is 17.9 Å². The van der Waals surface area contributed by atoms with Crippen LogP contribution in [0.3, 0.4) is 0 Å². The highest BCUT2D eigenvalue weighted by molar-refractivity contribution is 5.91. The van der Waals surface area contributed by atoms with Crippen molar-refractivity contribution in [2.75, 3.05) is 0 Å². The molecule has 9 nitrogen and oxygen atoms in total. The van der Waals surface area contributed by atoms with E-state index >= 15 is 0 Å². The van der Waals surface area contributed by atoms with Gasteiger partial charge in [0.2, 0.25) is 0 Å². The van der Waals surface area contributed by atoms with Gasteiger partial charge < -0.3 is 28.8 Å². The van der Waals surface area contributed by atoms with Crippen LogP contribution in [0.15, 0.2) is 23.8 Å². The Balaban J connectivity index is 1.60. The standard InChI is InChI=1S/C25H32O9/c1-10-8-9-14(26)23(5)16(10)17-15(11(2)20(27)30-17)18(31-21(28)24(6)12(3)33-24)19(23)32-22(29)25(7)13(4)34-25/h8,12-19,26H,2,9H2,1,3-7H3/t12-,13-,14+,15-,16+,17+,18-,19+,23-,24-,25-/m0/s1. The number of carbonyl (C=O) groups excluding carboxylic acids is 3. The van der Waals surface area contributed by atoms with Crippen LogP contribution < -0.4 is 0 Å². The summed E-state index contributed by atoms with van der Waals surface area (Å²) in [7, 11) is 0. The van der Waals surface area contributed by atoms with Crippen LogP contribution >= 0.6 is 0 Å². The van der Waals surface area contributed by atoms with Gasteiger partial charge in [0.1, 0.15) is 18.3 Å². The van der Waals surface area contributed by atoms with Crippen molar-refractivity contribution in [3.8, 4) is 0 Å². The molecule has 11 atom stereocenters. The highest BCUT2D eigenvalue weighted by Crippen LogP contribution is 2.58. The first-order valence-electron chi connectivity index (χ1n) is 11.8. The van der Waals surface area contributed by atoms with E-state index in [1.54, 1.807) is 34.6 Å². The van der Waals surface area contributed by atoms with Gasteiger partial charge in [-0.2, -0.15) is 0 Å². The Morgan fingerprint density at radius 3 is 2.15 bits per heavy atom. The molecular formula is C25H32O9. The summed E-state index contributed by atoms with van der Waals surface area (Å²) in [6, 6.07) is 0. The van der Waals surface area contributed by atoms with Crippen LogP contribution in [-0.4, -0.2) is 70.8 Å². The molecule has 34 heavy (non-hydrogen) atoms. The molecular weight excluding hydrogens is 444 g/mol. The van der Waals surface area contributed by atoms with E-state index in [2.05, 4.69) is 6.58 Å². The smallest absolute Gasteiger partial charge is 0.341 e. The van der Waals surface area contributed by atoms with Gasteiger partial charge in [-0.25, -0.2) is 14.4 Å². The van der Waals surface area contributed by atoms with Gasteiger partial charge in [-0.1, -0.05) is 25.2 Å². The van der Waals surface area contributed by atoms with Crippen molar-refractivity contribution in [2.24, 2.45) is 17.3 Å². The summed E-state index contributed by atoms with van der Waals surface area (Å²) < 4.78 is 28.7. The molecule has 186 valence electrons. The van der Waals surface area contributed by atoms with Gasteiger partial charge >= 0.3 is 17.9 Å². The Morgan fingerprint density at radius 2 is 1.62 bits per heavy atom. The summed E-state index contributed by atoms with van der Waals surface area (Å²) in [6.07, 6.45) is -2.28. The number of fused-ring (bicyclic) bond motifs is 3. The first kappa shape index (κ1) is 23.5. The minimum atomic E-state index is -1.13. The molecule has 5 aliphatic rings. The van der Waals surface area contributed by atoms with Crippen molar-refractivity contribution in [1.29, 1.82) is 0 Å². The van der Waals surface area contributed by atoms with Crippen LogP contribution in [0.25, 0.3) is 0 Å². The van der Waals surface area contributed by atoms with Crippen LogP contribution in [-0.2, 0) is 38.1 Å². The zero-order valence-corrected chi connectivity index (χ0v) is 20.3. The molecule has 0 amide bonds. The van der Waals surface area contributed by atoms with E-state index < -0.39 is 70.8 Å². The second-order valence-corrected chi connectivity index (χ2v) is 10.9. The number of aliphatic hydroxyl groups excluding tert-OH is 1. The summed E-state index contributed by atoms with van der Waals surface area (Å²) in [4.78, 5) is 39.0. The van der Waals surface area contributed by atoms with Crippen LogP contribution in [0.5, 0.6) is 0 Å². The second kappa shape index (κ2) is 7.15. The largest absolute Gasteiger partial charge is 0.458 e. The van der Waals surface area contributed by atoms with E-state index in [1.807, 2.05) is 13.0 Å². The molecule has 4 fully saturated rings. The Labute approximate surface area is 198 Å². The number of hydrogen-bond donors (Lipinski definition) is 1. The average molecular weight is 477 g/mol. The van der Waals surface area contributed by atoms with Crippen molar-refractivity contribution in [1.82, 2.24) is 0 Å². The van der Waals surface area contributed by atoms with Crippen LogP contribution in [0, 0.1) is 17.3 Å². The maximum absolute atomic E-state index is 13.2. The number of hydrogen-bond acceptors (Lipinski definition) is 9. The lowest BCUT2D eigenvalue weighted by Crippen LogP contribution is -2.67. The molecule has 0 aromatic rings. The fourth-order valence-electron chi connectivity index (χ4n) is 6.06. The number of rotatable bonds is 4. The van der Waals surface area contributed by atoms with Gasteiger partial charge in [-0.15, -0.1) is 0 Å².